The summed E-state index contributed by atoms with van der Waals surface area (Å²) in [4.78, 5) is 21.5. The number of aliphatic hydroxyl groups excluding tert-OH is 1. The van der Waals surface area contributed by atoms with E-state index in [0.29, 0.717) is 10.1 Å². The summed E-state index contributed by atoms with van der Waals surface area (Å²) in [6, 6.07) is 9.96. The van der Waals surface area contributed by atoms with Crippen molar-refractivity contribution in [3.05, 3.63) is 47.0 Å². The van der Waals surface area contributed by atoms with Crippen molar-refractivity contribution >= 4 is 39.8 Å². The number of amidine groups is 1. The van der Waals surface area contributed by atoms with Crippen LogP contribution in [-0.2, 0) is 4.79 Å². The van der Waals surface area contributed by atoms with Crippen molar-refractivity contribution in [2.45, 2.75) is 12.5 Å². The second-order valence-corrected chi connectivity index (χ2v) is 6.73. The molecule has 0 spiro atoms. The van der Waals surface area contributed by atoms with Crippen molar-refractivity contribution in [3.8, 4) is 0 Å². The van der Waals surface area contributed by atoms with Crippen LogP contribution < -0.4 is 5.32 Å². The molecule has 5 nitrogen and oxygen atoms in total. The minimum atomic E-state index is -0.124. The lowest BCUT2D eigenvalue weighted by Gasteiger charge is -1.99. The molecular weight excluding hydrogens is 310 g/mol. The molecule has 1 amide bonds. The fraction of sp³-hybridized carbons (Fsp3) is 0.235. The maximum atomic E-state index is 12.1. The number of benzene rings is 1. The zero-order chi connectivity index (χ0) is 15.8. The molecule has 4 rings (SSSR count). The van der Waals surface area contributed by atoms with Gasteiger partial charge in [-0.2, -0.15) is 0 Å². The molecule has 2 fully saturated rings. The van der Waals surface area contributed by atoms with E-state index in [2.05, 4.69) is 15.3 Å². The summed E-state index contributed by atoms with van der Waals surface area (Å²) in [5.41, 5.74) is 1.90. The zero-order valence-electron chi connectivity index (χ0n) is 12.3. The summed E-state index contributed by atoms with van der Waals surface area (Å²) < 4.78 is 0. The normalized spacial score (nSPS) is 26.9. The number of aromatic nitrogens is 1. The first-order chi connectivity index (χ1) is 11.2. The number of nitrogens with one attached hydrogen (secondary N) is 1. The molecule has 1 aliphatic heterocycles. The first-order valence-electron chi connectivity index (χ1n) is 7.47. The van der Waals surface area contributed by atoms with Crippen LogP contribution in [0, 0.1) is 5.92 Å². The van der Waals surface area contributed by atoms with Crippen molar-refractivity contribution in [1.29, 1.82) is 0 Å². The molecule has 2 aromatic rings. The van der Waals surface area contributed by atoms with Gasteiger partial charge in [-0.1, -0.05) is 12.1 Å². The molecule has 1 saturated carbocycles. The van der Waals surface area contributed by atoms with Gasteiger partial charge < -0.3 is 10.4 Å². The third kappa shape index (κ3) is 3.00. The number of hydrogen-bond acceptors (Lipinski definition) is 5. The molecule has 0 bridgehead atoms. The Labute approximate surface area is 137 Å². The number of amides is 1. The predicted octanol–water partition coefficient (Wildman–Crippen LogP) is 2.18. The van der Waals surface area contributed by atoms with Gasteiger partial charge in [0.05, 0.1) is 16.5 Å². The molecule has 6 heteroatoms. The second-order valence-electron chi connectivity index (χ2n) is 5.70. The van der Waals surface area contributed by atoms with Crippen molar-refractivity contribution in [3.63, 3.8) is 0 Å². The molecule has 1 saturated heterocycles. The van der Waals surface area contributed by atoms with Crippen LogP contribution in [0.4, 0.5) is 0 Å². The van der Waals surface area contributed by atoms with E-state index in [1.807, 2.05) is 36.4 Å². The second kappa shape index (κ2) is 5.79. The van der Waals surface area contributed by atoms with E-state index in [-0.39, 0.29) is 24.5 Å². The minimum Gasteiger partial charge on any atom is -0.396 e. The number of hydrogen-bond donors (Lipinski definition) is 2. The molecular formula is C17H15N3O2S. The smallest absolute Gasteiger partial charge is 0.264 e. The molecule has 1 aromatic carbocycles. The molecule has 1 aromatic heterocycles. The Hall–Kier alpha value is -2.18. The van der Waals surface area contributed by atoms with Crippen LogP contribution in [-0.4, -0.2) is 33.8 Å². The van der Waals surface area contributed by atoms with Gasteiger partial charge in [0.15, 0.2) is 5.17 Å². The Bertz CT molecular complexity index is 847. The van der Waals surface area contributed by atoms with Crippen molar-refractivity contribution in [2.75, 3.05) is 6.61 Å². The highest BCUT2D eigenvalue weighted by molar-refractivity contribution is 8.18. The maximum Gasteiger partial charge on any atom is 0.264 e. The van der Waals surface area contributed by atoms with Gasteiger partial charge in [0, 0.05) is 24.1 Å². The van der Waals surface area contributed by atoms with E-state index < -0.39 is 0 Å². The largest absolute Gasteiger partial charge is 0.396 e. The van der Waals surface area contributed by atoms with E-state index in [4.69, 9.17) is 5.11 Å². The monoisotopic (exact) mass is 325 g/mol. The Kier molecular flexibility index (Phi) is 3.63. The number of carbonyl (C=O) groups is 1. The van der Waals surface area contributed by atoms with Gasteiger partial charge in [-0.05, 0) is 48.0 Å². The summed E-state index contributed by atoms with van der Waals surface area (Å²) in [6.07, 6.45) is 4.53. The number of pyridine rings is 1. The highest BCUT2D eigenvalue weighted by atomic mass is 32.2. The lowest BCUT2D eigenvalue weighted by molar-refractivity contribution is -0.115. The summed E-state index contributed by atoms with van der Waals surface area (Å²) in [7, 11) is 0. The van der Waals surface area contributed by atoms with E-state index in [1.54, 1.807) is 6.20 Å². The number of rotatable bonds is 3. The van der Waals surface area contributed by atoms with Crippen molar-refractivity contribution < 1.29 is 9.90 Å². The molecule has 2 heterocycles. The fourth-order valence-corrected chi connectivity index (χ4v) is 3.44. The maximum absolute atomic E-state index is 12.1. The average Bonchev–Trinajstić information content (AvgIpc) is 3.23. The minimum absolute atomic E-state index is 0.124. The van der Waals surface area contributed by atoms with Crippen LogP contribution in [0.3, 0.4) is 0 Å². The van der Waals surface area contributed by atoms with Gasteiger partial charge in [0.25, 0.3) is 5.91 Å². The lowest BCUT2D eigenvalue weighted by Crippen LogP contribution is -2.20. The molecule has 2 aliphatic rings. The fourth-order valence-electron chi connectivity index (χ4n) is 2.56. The van der Waals surface area contributed by atoms with E-state index in [0.717, 1.165) is 22.9 Å². The van der Waals surface area contributed by atoms with Gasteiger partial charge in [0.1, 0.15) is 0 Å². The van der Waals surface area contributed by atoms with Crippen molar-refractivity contribution in [1.82, 2.24) is 10.3 Å². The molecule has 0 radical (unpaired) electrons. The van der Waals surface area contributed by atoms with Gasteiger partial charge in [-0.15, -0.1) is 0 Å². The van der Waals surface area contributed by atoms with Crippen LogP contribution in [0.15, 0.2) is 46.4 Å². The first kappa shape index (κ1) is 14.4. The predicted molar refractivity (Wildman–Crippen MR) is 91.9 cm³/mol. The summed E-state index contributed by atoms with van der Waals surface area (Å²) in [5, 5.41) is 13.5. The molecule has 2 atom stereocenters. The summed E-state index contributed by atoms with van der Waals surface area (Å²) in [5.74, 6) is 0.127. The van der Waals surface area contributed by atoms with E-state index in [9.17, 15) is 4.79 Å². The van der Waals surface area contributed by atoms with Crippen LogP contribution >= 0.6 is 11.8 Å². The van der Waals surface area contributed by atoms with Gasteiger partial charge in [-0.25, -0.2) is 0 Å². The highest BCUT2D eigenvalue weighted by Gasteiger charge is 2.37. The Balaban J connectivity index is 1.56. The Morgan fingerprint density at radius 2 is 2.35 bits per heavy atom. The van der Waals surface area contributed by atoms with Gasteiger partial charge in [0.2, 0.25) is 0 Å². The SMILES string of the molecule is O=C1NC(=N[C@@H]2C[C@@H]2CO)S/C1=C\c1ccc2ncccc2c1. The van der Waals surface area contributed by atoms with Crippen LogP contribution in [0.25, 0.3) is 17.0 Å². The third-order valence-corrected chi connectivity index (χ3v) is 4.90. The molecule has 23 heavy (non-hydrogen) atoms. The van der Waals surface area contributed by atoms with E-state index in [1.165, 1.54) is 11.8 Å². The third-order valence-electron chi connectivity index (χ3n) is 3.98. The number of fused-ring (bicyclic) bond motifs is 1. The van der Waals surface area contributed by atoms with Crippen LogP contribution in [0.1, 0.15) is 12.0 Å². The van der Waals surface area contributed by atoms with Crippen LogP contribution in [0.5, 0.6) is 0 Å². The van der Waals surface area contributed by atoms with Crippen molar-refractivity contribution in [2.24, 2.45) is 10.9 Å². The van der Waals surface area contributed by atoms with E-state index >= 15 is 0 Å². The van der Waals surface area contributed by atoms with Gasteiger partial charge >= 0.3 is 0 Å². The highest BCUT2D eigenvalue weighted by Crippen LogP contribution is 2.35. The number of thioether (sulfide) groups is 1. The average molecular weight is 325 g/mol. The molecule has 2 N–H and O–H groups in total. The number of aliphatic imine (C=N–C) groups is 1. The summed E-state index contributed by atoms with van der Waals surface area (Å²) >= 11 is 1.35. The molecule has 1 aliphatic carbocycles. The first-order valence-corrected chi connectivity index (χ1v) is 8.29. The topological polar surface area (TPSA) is 74.6 Å². The lowest BCUT2D eigenvalue weighted by atomic mass is 10.1. The number of aliphatic hydroxyl groups is 1. The summed E-state index contributed by atoms with van der Waals surface area (Å²) in [6.45, 7) is 0.161. The molecule has 0 unspecified atom stereocenters. The zero-order valence-corrected chi connectivity index (χ0v) is 13.1. The quantitative estimate of drug-likeness (QED) is 0.848. The standard InChI is InChI=1S/C17H15N3O2S/c21-9-12-8-14(12)19-17-20-16(22)15(23-17)7-10-3-4-13-11(6-10)2-1-5-18-13/h1-7,12,14,21H,8-9H2,(H,19,20,22)/b15-7-/t12-,14-/m1/s1. The molecule has 116 valence electrons. The number of nitrogens with zero attached hydrogens (tertiary/aromatic N) is 2. The Morgan fingerprint density at radius 3 is 3.17 bits per heavy atom. The van der Waals surface area contributed by atoms with Crippen LogP contribution in [0.2, 0.25) is 0 Å². The van der Waals surface area contributed by atoms with Gasteiger partial charge in [-0.3, -0.25) is 14.8 Å². The Morgan fingerprint density at radius 1 is 1.43 bits per heavy atom. The number of carbonyl (C=O) groups excluding carboxylic acids is 1.